The van der Waals surface area contributed by atoms with E-state index < -0.39 is 0 Å². The molecule has 0 unspecified atom stereocenters. The highest BCUT2D eigenvalue weighted by Crippen LogP contribution is 2.36. The fourth-order valence-electron chi connectivity index (χ4n) is 1.95. The number of anilines is 2. The fourth-order valence-corrected chi connectivity index (χ4v) is 2.23. The number of nitrogen functional groups attached to an aromatic ring is 1. The van der Waals surface area contributed by atoms with Crippen LogP contribution in [-0.4, -0.2) is 26.6 Å². The molecule has 0 aromatic carbocycles. The molecule has 0 radical (unpaired) electrons. The molecule has 0 spiro atoms. The number of hydrogen-bond acceptors (Lipinski definition) is 6. The van der Waals surface area contributed by atoms with Crippen LogP contribution in [0, 0.1) is 6.92 Å². The van der Waals surface area contributed by atoms with Crippen LogP contribution < -0.4 is 15.8 Å². The van der Waals surface area contributed by atoms with E-state index in [-0.39, 0.29) is 0 Å². The Morgan fingerprint density at radius 1 is 1.33 bits per heavy atom. The van der Waals surface area contributed by atoms with E-state index in [4.69, 9.17) is 22.1 Å². The number of nitrogens with zero attached hydrogens (tertiary/aromatic N) is 4. The number of fused-ring (bicyclic) bond motifs is 1. The van der Waals surface area contributed by atoms with Crippen molar-refractivity contribution in [1.29, 1.82) is 0 Å². The average molecular weight is 305 g/mol. The molecule has 0 aliphatic heterocycles. The number of aromatic nitrogens is 4. The third-order valence-corrected chi connectivity index (χ3v) is 3.28. The van der Waals surface area contributed by atoms with Crippen LogP contribution in [0.1, 0.15) is 5.69 Å². The lowest BCUT2D eigenvalue weighted by molar-refractivity contribution is 0.474. The number of rotatable bonds is 3. The Labute approximate surface area is 125 Å². The molecule has 3 rings (SSSR count). The van der Waals surface area contributed by atoms with Crippen LogP contribution in [0.3, 0.4) is 0 Å². The Balaban J connectivity index is 1.98. The van der Waals surface area contributed by atoms with E-state index in [1.807, 2.05) is 13.0 Å². The lowest BCUT2D eigenvalue weighted by Crippen LogP contribution is -2.01. The predicted molar refractivity (Wildman–Crippen MR) is 81.0 cm³/mol. The minimum Gasteiger partial charge on any atom is -0.451 e. The highest BCUT2D eigenvalue weighted by molar-refractivity contribution is 6.35. The van der Waals surface area contributed by atoms with Crippen molar-refractivity contribution in [2.75, 3.05) is 18.1 Å². The smallest absolute Gasteiger partial charge is 0.166 e. The van der Waals surface area contributed by atoms with Gasteiger partial charge in [0.2, 0.25) is 0 Å². The van der Waals surface area contributed by atoms with Crippen LogP contribution in [0.5, 0.6) is 11.5 Å². The van der Waals surface area contributed by atoms with Crippen molar-refractivity contribution >= 4 is 28.8 Å². The van der Waals surface area contributed by atoms with E-state index in [9.17, 15) is 0 Å². The maximum Gasteiger partial charge on any atom is 0.166 e. The topological polar surface area (TPSA) is 90.4 Å². The number of ether oxygens (including phenoxy) is 1. The zero-order valence-electron chi connectivity index (χ0n) is 11.5. The molecule has 21 heavy (non-hydrogen) atoms. The highest BCUT2D eigenvalue weighted by Gasteiger charge is 2.12. The predicted octanol–water partition coefficient (Wildman–Crippen LogP) is 2.50. The molecule has 0 fully saturated rings. The molecule has 0 aliphatic carbocycles. The summed E-state index contributed by atoms with van der Waals surface area (Å²) in [6.45, 7) is 1.90. The Kier molecular flexibility index (Phi) is 3.26. The van der Waals surface area contributed by atoms with Gasteiger partial charge in [0, 0.05) is 13.1 Å². The van der Waals surface area contributed by atoms with Crippen molar-refractivity contribution in [2.24, 2.45) is 0 Å². The Morgan fingerprint density at radius 2 is 2.14 bits per heavy atom. The first-order valence-corrected chi connectivity index (χ1v) is 6.58. The Hall–Kier alpha value is -2.54. The van der Waals surface area contributed by atoms with Crippen molar-refractivity contribution < 1.29 is 4.74 Å². The first-order chi connectivity index (χ1) is 10.1. The zero-order valence-corrected chi connectivity index (χ0v) is 12.2. The van der Waals surface area contributed by atoms with Crippen molar-refractivity contribution in [1.82, 2.24) is 19.6 Å². The van der Waals surface area contributed by atoms with Crippen molar-refractivity contribution in [2.45, 2.75) is 6.92 Å². The molecule has 7 nitrogen and oxygen atoms in total. The summed E-state index contributed by atoms with van der Waals surface area (Å²) in [4.78, 5) is 8.30. The molecule has 3 N–H and O–H groups in total. The Bertz CT molecular complexity index is 816. The van der Waals surface area contributed by atoms with Gasteiger partial charge in [-0.15, -0.1) is 0 Å². The van der Waals surface area contributed by atoms with Crippen molar-refractivity contribution in [3.63, 3.8) is 0 Å². The molecule has 0 aliphatic rings. The van der Waals surface area contributed by atoms with Crippen LogP contribution >= 0.6 is 11.6 Å². The third-order valence-electron chi connectivity index (χ3n) is 2.90. The second-order valence-electron chi connectivity index (χ2n) is 4.43. The van der Waals surface area contributed by atoms with Crippen LogP contribution in [0.4, 0.5) is 11.5 Å². The second kappa shape index (κ2) is 5.10. The highest BCUT2D eigenvalue weighted by atomic mass is 35.5. The Morgan fingerprint density at radius 3 is 2.90 bits per heavy atom. The standard InChI is InChI=1S/C13H13ClN6O/c1-7-3-10-17-4-8(6-20(10)19-7)21-9-5-18-13(15)12(16-2)11(9)14/h3-6,16H,1-2H3,(H2,15,18). The summed E-state index contributed by atoms with van der Waals surface area (Å²) in [7, 11) is 1.71. The van der Waals surface area contributed by atoms with E-state index in [0.29, 0.717) is 28.0 Å². The SMILES string of the molecule is CNc1c(N)ncc(Oc2cnc3cc(C)nn3c2)c1Cl. The number of hydrogen-bond donors (Lipinski definition) is 2. The summed E-state index contributed by atoms with van der Waals surface area (Å²) in [6, 6.07) is 1.88. The second-order valence-corrected chi connectivity index (χ2v) is 4.80. The van der Waals surface area contributed by atoms with Crippen LogP contribution in [0.25, 0.3) is 5.65 Å². The molecule has 0 saturated heterocycles. The van der Waals surface area contributed by atoms with Gasteiger partial charge in [-0.05, 0) is 6.92 Å². The average Bonchev–Trinajstić information content (AvgIpc) is 2.82. The van der Waals surface area contributed by atoms with Gasteiger partial charge in [0.15, 0.2) is 17.1 Å². The normalized spacial score (nSPS) is 10.8. The summed E-state index contributed by atoms with van der Waals surface area (Å²) < 4.78 is 7.35. The summed E-state index contributed by atoms with van der Waals surface area (Å²) in [5, 5.41) is 7.53. The summed E-state index contributed by atoms with van der Waals surface area (Å²) in [5.74, 6) is 1.20. The van der Waals surface area contributed by atoms with Gasteiger partial charge in [0.1, 0.15) is 10.8 Å². The molecule has 0 atom stereocenters. The van der Waals surface area contributed by atoms with Gasteiger partial charge >= 0.3 is 0 Å². The molecule has 3 aromatic heterocycles. The quantitative estimate of drug-likeness (QED) is 0.772. The van der Waals surface area contributed by atoms with Crippen LogP contribution in [-0.2, 0) is 0 Å². The van der Waals surface area contributed by atoms with Gasteiger partial charge in [-0.2, -0.15) is 5.10 Å². The molecule has 3 heterocycles. The maximum atomic E-state index is 6.24. The number of nitrogens with two attached hydrogens (primary N) is 1. The van der Waals surface area contributed by atoms with Crippen LogP contribution in [0.2, 0.25) is 5.02 Å². The van der Waals surface area contributed by atoms with Gasteiger partial charge in [-0.1, -0.05) is 11.6 Å². The van der Waals surface area contributed by atoms with Crippen LogP contribution in [0.15, 0.2) is 24.7 Å². The molecule has 3 aromatic rings. The molecular weight excluding hydrogens is 292 g/mol. The van der Waals surface area contributed by atoms with E-state index >= 15 is 0 Å². The number of pyridine rings is 1. The number of nitrogens with one attached hydrogen (secondary N) is 1. The summed E-state index contributed by atoms with van der Waals surface area (Å²) in [6.07, 6.45) is 4.79. The summed E-state index contributed by atoms with van der Waals surface area (Å²) in [5.41, 5.74) is 7.88. The maximum absolute atomic E-state index is 6.24. The largest absolute Gasteiger partial charge is 0.451 e. The number of aryl methyl sites for hydroxylation is 1. The van der Waals surface area contributed by atoms with Gasteiger partial charge < -0.3 is 15.8 Å². The molecule has 0 bridgehead atoms. The van der Waals surface area contributed by atoms with Gasteiger partial charge in [0.05, 0.1) is 30.0 Å². The van der Waals surface area contributed by atoms with Crippen molar-refractivity contribution in [3.05, 3.63) is 35.4 Å². The van der Waals surface area contributed by atoms with Gasteiger partial charge in [-0.25, -0.2) is 14.5 Å². The lowest BCUT2D eigenvalue weighted by Gasteiger charge is -2.11. The monoisotopic (exact) mass is 304 g/mol. The van der Waals surface area contributed by atoms with E-state index in [0.717, 1.165) is 11.3 Å². The molecular formula is C13H13ClN6O. The zero-order chi connectivity index (χ0) is 15.0. The molecule has 108 valence electrons. The first kappa shape index (κ1) is 13.4. The molecule has 0 saturated carbocycles. The van der Waals surface area contributed by atoms with Gasteiger partial charge in [0.25, 0.3) is 0 Å². The van der Waals surface area contributed by atoms with E-state index in [1.165, 1.54) is 6.20 Å². The first-order valence-electron chi connectivity index (χ1n) is 6.20. The third kappa shape index (κ3) is 2.43. The van der Waals surface area contributed by atoms with Gasteiger partial charge in [-0.3, -0.25) is 0 Å². The van der Waals surface area contributed by atoms with E-state index in [2.05, 4.69) is 20.4 Å². The fraction of sp³-hybridized carbons (Fsp3) is 0.154. The molecule has 8 heteroatoms. The minimum absolute atomic E-state index is 0.311. The minimum atomic E-state index is 0.311. The van der Waals surface area contributed by atoms with E-state index in [1.54, 1.807) is 24.0 Å². The lowest BCUT2D eigenvalue weighted by atomic mass is 10.3. The molecule has 0 amide bonds. The summed E-state index contributed by atoms with van der Waals surface area (Å²) >= 11 is 6.24. The van der Waals surface area contributed by atoms with Crippen molar-refractivity contribution in [3.8, 4) is 11.5 Å². The number of halogens is 1.